The largest absolute Gasteiger partial charge is 0.507 e. The van der Waals surface area contributed by atoms with Crippen LogP contribution in [0.3, 0.4) is 0 Å². The molecule has 0 saturated carbocycles. The summed E-state index contributed by atoms with van der Waals surface area (Å²) in [4.78, 5) is 12.5. The molecule has 0 saturated heterocycles. The van der Waals surface area contributed by atoms with Gasteiger partial charge in [0.1, 0.15) is 11.6 Å². The zero-order valence-corrected chi connectivity index (χ0v) is 40.2. The van der Waals surface area contributed by atoms with Crippen LogP contribution in [0.5, 0.6) is 5.75 Å². The average molecular weight is 1040 g/mol. The van der Waals surface area contributed by atoms with Crippen LogP contribution >= 0.6 is 0 Å². The van der Waals surface area contributed by atoms with Gasteiger partial charge < -0.3 is 10.0 Å². The predicted octanol–water partition coefficient (Wildman–Crippen LogP) is 15.4. The van der Waals surface area contributed by atoms with E-state index in [0.29, 0.717) is 28.1 Å². The van der Waals surface area contributed by atoms with Crippen LogP contribution in [0.1, 0.15) is 64.2 Å². The van der Waals surface area contributed by atoms with Crippen LogP contribution in [-0.4, -0.2) is 21.1 Å². The number of fused-ring (bicyclic) bond motifs is 3. The number of phenolic OH excluding ortho intramolecular Hbond substituents is 1. The van der Waals surface area contributed by atoms with Gasteiger partial charge in [-0.3, -0.25) is 9.97 Å². The molecule has 0 fully saturated rings. The SMILES string of the molecule is CC(C)(C)c1cc(-c2cc(-c3[c-]c(-c4cc(-c5cccc6c5N(c5ccccc5)C5C=CC=CC65)ccn4)ccc3)nc(-c3cc(F)c(-c4ccccc4)cc3O)c2)cc(C(C)(C)C)c1.[Pt]. The first-order valence-corrected chi connectivity index (χ1v) is 22.4. The monoisotopic (exact) mass is 1040 g/mol. The second-order valence-corrected chi connectivity index (χ2v) is 19.3. The van der Waals surface area contributed by atoms with Crippen molar-refractivity contribution in [2.75, 3.05) is 4.90 Å². The van der Waals surface area contributed by atoms with Crippen LogP contribution in [-0.2, 0) is 31.9 Å². The Morgan fingerprint density at radius 2 is 1.18 bits per heavy atom. The number of aromatic nitrogens is 2. The van der Waals surface area contributed by atoms with Gasteiger partial charge in [0, 0.05) is 66.9 Å². The molecule has 6 heteroatoms. The summed E-state index contributed by atoms with van der Waals surface area (Å²) in [6.07, 6.45) is 10.8. The fourth-order valence-corrected chi connectivity index (χ4v) is 9.25. The van der Waals surface area contributed by atoms with Crippen molar-refractivity contribution in [1.82, 2.24) is 9.97 Å². The van der Waals surface area contributed by atoms with Crippen molar-refractivity contribution in [1.29, 1.82) is 0 Å². The standard InChI is InChI=1S/C60H51FN3O.Pt/c1-59(2,3)44-30-42(31-45(35-44)60(4,5)6)43-33-54(63-55(34-43)51-36-52(61)50(37-57(51)65)38-17-9-7-10-18-38)41-20-15-19-40(29-41)53-32-39(27-28-62-53)47-24-16-25-49-48-23-13-14-26-56(48)64(58(47)49)46-21-11-8-12-22-46;/h7-28,30-37,48,56,65H,1-6H3;/q-1;. The Morgan fingerprint density at radius 1 is 0.561 bits per heavy atom. The number of allylic oxidation sites excluding steroid dienone is 2. The van der Waals surface area contributed by atoms with Crippen molar-refractivity contribution in [2.24, 2.45) is 0 Å². The first kappa shape index (κ1) is 44.5. The maximum atomic E-state index is 16.1. The maximum absolute atomic E-state index is 16.1. The number of phenols is 1. The molecular weight excluding hydrogens is 993 g/mol. The topological polar surface area (TPSA) is 49.2 Å². The van der Waals surface area contributed by atoms with Gasteiger partial charge in [-0.2, -0.15) is 0 Å². The van der Waals surface area contributed by atoms with Crippen molar-refractivity contribution in [3.8, 4) is 72.9 Å². The molecule has 66 heavy (non-hydrogen) atoms. The van der Waals surface area contributed by atoms with Crippen LogP contribution in [0.15, 0.2) is 182 Å². The molecule has 2 aromatic heterocycles. The van der Waals surface area contributed by atoms with E-state index in [9.17, 15) is 5.11 Å². The molecule has 8 aromatic rings. The molecule has 0 spiro atoms. The van der Waals surface area contributed by atoms with Crippen LogP contribution in [0.4, 0.5) is 15.8 Å². The van der Waals surface area contributed by atoms with Gasteiger partial charge in [-0.15, -0.1) is 24.3 Å². The number of para-hydroxylation sites is 2. The van der Waals surface area contributed by atoms with Crippen molar-refractivity contribution in [3.05, 3.63) is 211 Å². The Kier molecular flexibility index (Phi) is 11.9. The number of hydrogen-bond donors (Lipinski definition) is 1. The number of rotatable bonds is 7. The molecule has 2 atom stereocenters. The number of nitrogens with zero attached hydrogens (tertiary/aromatic N) is 3. The quantitative estimate of drug-likeness (QED) is 0.162. The van der Waals surface area contributed by atoms with Gasteiger partial charge in [0.05, 0.1) is 17.4 Å². The van der Waals surface area contributed by atoms with E-state index < -0.39 is 5.82 Å². The Hall–Kier alpha value is -6.68. The number of aromatic hydroxyl groups is 1. The average Bonchev–Trinajstić information content (AvgIpc) is 3.66. The van der Waals surface area contributed by atoms with Crippen LogP contribution in [0.25, 0.3) is 67.2 Å². The zero-order valence-electron chi connectivity index (χ0n) is 38.0. The first-order chi connectivity index (χ1) is 31.3. The summed E-state index contributed by atoms with van der Waals surface area (Å²) >= 11 is 0. The fraction of sp³-hybridized carbons (Fsp3) is 0.167. The number of benzene rings is 6. The molecule has 2 unspecified atom stereocenters. The third-order valence-corrected chi connectivity index (χ3v) is 12.8. The van der Waals surface area contributed by atoms with Crippen molar-refractivity contribution in [3.63, 3.8) is 0 Å². The number of pyridine rings is 2. The molecular formula is C60H51FN3OPt-. The molecule has 4 nitrogen and oxygen atoms in total. The molecule has 2 aliphatic rings. The van der Waals surface area contributed by atoms with Gasteiger partial charge in [0.2, 0.25) is 0 Å². The molecule has 0 amide bonds. The Bertz CT molecular complexity index is 3130. The molecule has 3 heterocycles. The normalized spacial score (nSPS) is 15.3. The van der Waals surface area contributed by atoms with E-state index in [1.54, 1.807) is 0 Å². The summed E-state index contributed by atoms with van der Waals surface area (Å²) < 4.78 is 16.1. The van der Waals surface area contributed by atoms with Crippen molar-refractivity contribution in [2.45, 2.75) is 64.3 Å². The molecule has 330 valence electrons. The van der Waals surface area contributed by atoms with Crippen molar-refractivity contribution >= 4 is 11.4 Å². The second-order valence-electron chi connectivity index (χ2n) is 19.3. The van der Waals surface area contributed by atoms with Gasteiger partial charge in [-0.05, 0) is 86.2 Å². The van der Waals surface area contributed by atoms with Gasteiger partial charge in [0.25, 0.3) is 0 Å². The second kappa shape index (κ2) is 17.6. The molecule has 10 rings (SSSR count). The molecule has 6 aromatic carbocycles. The summed E-state index contributed by atoms with van der Waals surface area (Å²) in [5.74, 6) is -0.251. The van der Waals surface area contributed by atoms with E-state index >= 15 is 4.39 Å². The van der Waals surface area contributed by atoms with Gasteiger partial charge >= 0.3 is 0 Å². The van der Waals surface area contributed by atoms with Crippen LogP contribution in [0.2, 0.25) is 0 Å². The number of anilines is 2. The van der Waals surface area contributed by atoms with E-state index in [1.165, 1.54) is 34.5 Å². The smallest absolute Gasteiger partial charge is 0.131 e. The molecule has 0 radical (unpaired) electrons. The molecule has 1 N–H and O–H groups in total. The van der Waals surface area contributed by atoms with Gasteiger partial charge in [-0.1, -0.05) is 174 Å². The van der Waals surface area contributed by atoms with Gasteiger partial charge in [0.15, 0.2) is 0 Å². The Labute approximate surface area is 402 Å². The first-order valence-electron chi connectivity index (χ1n) is 22.4. The van der Waals surface area contributed by atoms with E-state index in [1.807, 2.05) is 60.8 Å². The minimum absolute atomic E-state index is 0. The maximum Gasteiger partial charge on any atom is 0.131 e. The summed E-state index contributed by atoms with van der Waals surface area (Å²) in [6, 6.07) is 54.4. The number of hydrogen-bond acceptors (Lipinski definition) is 4. The zero-order chi connectivity index (χ0) is 45.0. The minimum atomic E-state index is -0.440. The minimum Gasteiger partial charge on any atom is -0.507 e. The number of halogens is 1. The van der Waals surface area contributed by atoms with Crippen LogP contribution < -0.4 is 4.90 Å². The molecule has 0 bridgehead atoms. The summed E-state index contributed by atoms with van der Waals surface area (Å²) in [6.45, 7) is 13.4. The Balaban J connectivity index is 0.00000548. The molecule has 1 aliphatic heterocycles. The van der Waals surface area contributed by atoms with E-state index in [-0.39, 0.29) is 49.6 Å². The van der Waals surface area contributed by atoms with E-state index in [4.69, 9.17) is 9.97 Å². The third-order valence-electron chi connectivity index (χ3n) is 12.8. The van der Waals surface area contributed by atoms with Crippen LogP contribution in [0, 0.1) is 11.9 Å². The summed E-state index contributed by atoms with van der Waals surface area (Å²) in [5, 5.41) is 11.6. The van der Waals surface area contributed by atoms with Gasteiger partial charge in [-0.25, -0.2) is 4.39 Å². The van der Waals surface area contributed by atoms with E-state index in [2.05, 4.69) is 162 Å². The summed E-state index contributed by atoms with van der Waals surface area (Å²) in [5.41, 5.74) is 14.7. The predicted molar refractivity (Wildman–Crippen MR) is 266 cm³/mol. The van der Waals surface area contributed by atoms with Crippen molar-refractivity contribution < 1.29 is 30.6 Å². The third kappa shape index (κ3) is 8.49. The summed E-state index contributed by atoms with van der Waals surface area (Å²) in [7, 11) is 0. The molecule has 1 aliphatic carbocycles. The fourth-order valence-electron chi connectivity index (χ4n) is 9.25. The van der Waals surface area contributed by atoms with E-state index in [0.717, 1.165) is 44.8 Å². The Morgan fingerprint density at radius 3 is 1.89 bits per heavy atom.